The van der Waals surface area contributed by atoms with Crippen molar-refractivity contribution >= 4 is 5.78 Å². The van der Waals surface area contributed by atoms with Crippen LogP contribution in [0.5, 0.6) is 0 Å². The fourth-order valence-corrected chi connectivity index (χ4v) is 3.01. The molecule has 2 rings (SSSR count). The molecule has 0 radical (unpaired) electrons. The molecule has 116 valence electrons. The van der Waals surface area contributed by atoms with E-state index in [0.717, 1.165) is 38.2 Å². The number of hydrogen-bond acceptors (Lipinski definition) is 3. The summed E-state index contributed by atoms with van der Waals surface area (Å²) in [7, 11) is 2.07. The van der Waals surface area contributed by atoms with E-state index >= 15 is 0 Å². The van der Waals surface area contributed by atoms with E-state index in [-0.39, 0.29) is 23.4 Å². The maximum atomic E-state index is 13.3. The average Bonchev–Trinajstić information content (AvgIpc) is 2.61. The minimum absolute atomic E-state index is 0.162. The average molecular weight is 296 g/mol. The fourth-order valence-electron chi connectivity index (χ4n) is 3.01. The first-order valence-corrected chi connectivity index (χ1v) is 7.33. The summed E-state index contributed by atoms with van der Waals surface area (Å²) in [6.45, 7) is 6.67. The molecule has 0 saturated carbocycles. The molecular weight excluding hydrogens is 274 g/mol. The summed E-state index contributed by atoms with van der Waals surface area (Å²) >= 11 is 0. The van der Waals surface area contributed by atoms with Gasteiger partial charge in [-0.05, 0) is 52.1 Å². The third kappa shape index (κ3) is 3.66. The molecule has 1 fully saturated rings. The first-order valence-electron chi connectivity index (χ1n) is 7.33. The molecule has 3 nitrogen and oxygen atoms in total. The first-order chi connectivity index (χ1) is 9.90. The van der Waals surface area contributed by atoms with Crippen molar-refractivity contribution in [3.63, 3.8) is 0 Å². The summed E-state index contributed by atoms with van der Waals surface area (Å²) in [5, 5.41) is 0. The molecule has 1 heterocycles. The first kappa shape index (κ1) is 16.0. The highest BCUT2D eigenvalue weighted by atomic mass is 19.2. The Hall–Kier alpha value is -1.33. The topological polar surface area (TPSA) is 23.6 Å². The van der Waals surface area contributed by atoms with E-state index in [0.29, 0.717) is 0 Å². The lowest BCUT2D eigenvalue weighted by Crippen LogP contribution is -2.46. The van der Waals surface area contributed by atoms with Crippen molar-refractivity contribution in [2.75, 3.05) is 26.7 Å². The number of carbonyl (C=O) groups is 1. The molecule has 1 aromatic rings. The van der Waals surface area contributed by atoms with Crippen LogP contribution in [0.1, 0.15) is 30.6 Å². The molecule has 2 atom stereocenters. The summed E-state index contributed by atoms with van der Waals surface area (Å²) in [5.41, 5.74) is 0.228. The number of benzene rings is 1. The Morgan fingerprint density at radius 1 is 1.29 bits per heavy atom. The Bertz CT molecular complexity index is 521. The predicted molar refractivity (Wildman–Crippen MR) is 78.4 cm³/mol. The Kier molecular flexibility index (Phi) is 5.06. The number of ketones is 1. The van der Waals surface area contributed by atoms with Crippen LogP contribution >= 0.6 is 0 Å². The van der Waals surface area contributed by atoms with Crippen LogP contribution in [0.2, 0.25) is 0 Å². The van der Waals surface area contributed by atoms with Crippen molar-refractivity contribution in [2.24, 2.45) is 0 Å². The summed E-state index contributed by atoms with van der Waals surface area (Å²) < 4.78 is 26.3. The zero-order chi connectivity index (χ0) is 15.6. The molecule has 0 N–H and O–H groups in total. The zero-order valence-corrected chi connectivity index (χ0v) is 12.8. The van der Waals surface area contributed by atoms with E-state index in [9.17, 15) is 13.6 Å². The highest BCUT2D eigenvalue weighted by molar-refractivity contribution is 5.99. The molecule has 0 bridgehead atoms. The van der Waals surface area contributed by atoms with Gasteiger partial charge in [0.2, 0.25) is 0 Å². The predicted octanol–water partition coefficient (Wildman–Crippen LogP) is 2.56. The fraction of sp³-hybridized carbons (Fsp3) is 0.562. The second-order valence-electron chi connectivity index (χ2n) is 5.87. The third-order valence-corrected chi connectivity index (χ3v) is 4.18. The van der Waals surface area contributed by atoms with Gasteiger partial charge in [-0.25, -0.2) is 8.78 Å². The van der Waals surface area contributed by atoms with Crippen LogP contribution in [0.15, 0.2) is 18.2 Å². The Balaban J connectivity index is 2.15. The molecule has 0 aromatic heterocycles. The van der Waals surface area contributed by atoms with Gasteiger partial charge in [0.05, 0.1) is 6.04 Å². The van der Waals surface area contributed by atoms with E-state index in [1.165, 1.54) is 6.07 Å². The Morgan fingerprint density at radius 2 is 2.00 bits per heavy atom. The van der Waals surface area contributed by atoms with Crippen molar-refractivity contribution < 1.29 is 13.6 Å². The number of hydrogen-bond donors (Lipinski definition) is 0. The van der Waals surface area contributed by atoms with Crippen molar-refractivity contribution in [3.8, 4) is 0 Å². The van der Waals surface area contributed by atoms with Crippen LogP contribution < -0.4 is 0 Å². The van der Waals surface area contributed by atoms with E-state index in [1.54, 1.807) is 0 Å². The van der Waals surface area contributed by atoms with Gasteiger partial charge in [0, 0.05) is 24.7 Å². The van der Waals surface area contributed by atoms with Gasteiger partial charge in [0.25, 0.3) is 0 Å². The Morgan fingerprint density at radius 3 is 2.67 bits per heavy atom. The van der Waals surface area contributed by atoms with Gasteiger partial charge in [-0.1, -0.05) is 0 Å². The molecule has 2 unspecified atom stereocenters. The van der Waals surface area contributed by atoms with E-state index < -0.39 is 11.6 Å². The molecule has 0 amide bonds. The zero-order valence-electron chi connectivity index (χ0n) is 12.8. The maximum Gasteiger partial charge on any atom is 0.179 e. The number of halogens is 2. The molecule has 1 aromatic carbocycles. The molecule has 21 heavy (non-hydrogen) atoms. The Labute approximate surface area is 124 Å². The van der Waals surface area contributed by atoms with Gasteiger partial charge < -0.3 is 4.90 Å². The van der Waals surface area contributed by atoms with E-state index in [1.807, 2.05) is 6.92 Å². The SMILES string of the molecule is CC1CN(C)CCCN1C(C)C(=O)c1ccc(F)c(F)c1. The number of carbonyl (C=O) groups excluding carboxylic acids is 1. The van der Waals surface area contributed by atoms with Gasteiger partial charge in [0.15, 0.2) is 17.4 Å². The molecule has 1 aliphatic rings. The largest absolute Gasteiger partial charge is 0.305 e. The van der Waals surface area contributed by atoms with Gasteiger partial charge in [0.1, 0.15) is 0 Å². The van der Waals surface area contributed by atoms with Gasteiger partial charge in [-0.3, -0.25) is 9.69 Å². The van der Waals surface area contributed by atoms with E-state index in [4.69, 9.17) is 0 Å². The highest BCUT2D eigenvalue weighted by Gasteiger charge is 2.28. The van der Waals surface area contributed by atoms with Crippen LogP contribution in [-0.2, 0) is 0 Å². The molecule has 0 spiro atoms. The normalized spacial score (nSPS) is 22.8. The van der Waals surface area contributed by atoms with Gasteiger partial charge in [-0.2, -0.15) is 0 Å². The van der Waals surface area contributed by atoms with Crippen molar-refractivity contribution in [3.05, 3.63) is 35.4 Å². The summed E-state index contributed by atoms with van der Waals surface area (Å²) in [6, 6.07) is 3.27. The number of Topliss-reactive ketones (excluding diaryl/α,β-unsaturated/α-hetero) is 1. The van der Waals surface area contributed by atoms with Crippen molar-refractivity contribution in [1.29, 1.82) is 0 Å². The van der Waals surface area contributed by atoms with Crippen LogP contribution in [0.3, 0.4) is 0 Å². The monoisotopic (exact) mass is 296 g/mol. The molecule has 1 aliphatic heterocycles. The summed E-state index contributed by atoms with van der Waals surface area (Å²) in [4.78, 5) is 16.9. The number of nitrogens with zero attached hydrogens (tertiary/aromatic N) is 2. The number of likely N-dealkylation sites (N-methyl/N-ethyl adjacent to an activating group) is 1. The number of rotatable bonds is 3. The smallest absolute Gasteiger partial charge is 0.179 e. The second kappa shape index (κ2) is 6.62. The molecule has 1 saturated heterocycles. The minimum Gasteiger partial charge on any atom is -0.305 e. The van der Waals surface area contributed by atoms with Crippen LogP contribution in [0, 0.1) is 11.6 Å². The third-order valence-electron chi connectivity index (χ3n) is 4.18. The standard InChI is InChI=1S/C16H22F2N2O/c1-11-10-19(3)7-4-8-20(11)12(2)16(21)13-5-6-14(17)15(18)9-13/h5-6,9,11-12H,4,7-8,10H2,1-3H3. The maximum absolute atomic E-state index is 13.3. The van der Waals surface area contributed by atoms with Crippen molar-refractivity contribution in [2.45, 2.75) is 32.4 Å². The molecular formula is C16H22F2N2O. The molecule has 0 aliphatic carbocycles. The van der Waals surface area contributed by atoms with Crippen LogP contribution in [-0.4, -0.2) is 54.3 Å². The lowest BCUT2D eigenvalue weighted by atomic mass is 10.0. The minimum atomic E-state index is -0.975. The quantitative estimate of drug-likeness (QED) is 0.801. The van der Waals surface area contributed by atoms with E-state index in [2.05, 4.69) is 23.8 Å². The van der Waals surface area contributed by atoms with Crippen LogP contribution in [0.25, 0.3) is 0 Å². The van der Waals surface area contributed by atoms with Gasteiger partial charge >= 0.3 is 0 Å². The van der Waals surface area contributed by atoms with Gasteiger partial charge in [-0.15, -0.1) is 0 Å². The highest BCUT2D eigenvalue weighted by Crippen LogP contribution is 2.17. The lowest BCUT2D eigenvalue weighted by Gasteiger charge is -2.32. The second-order valence-corrected chi connectivity index (χ2v) is 5.87. The summed E-state index contributed by atoms with van der Waals surface area (Å²) in [6.07, 6.45) is 0.996. The molecule has 5 heteroatoms. The lowest BCUT2D eigenvalue weighted by molar-refractivity contribution is 0.0777. The van der Waals surface area contributed by atoms with Crippen LogP contribution in [0.4, 0.5) is 8.78 Å². The summed E-state index contributed by atoms with van der Waals surface area (Å²) in [5.74, 6) is -2.06. The van der Waals surface area contributed by atoms with Crippen molar-refractivity contribution in [1.82, 2.24) is 9.80 Å².